The number of aromatic amines is 1. The predicted octanol–water partition coefficient (Wildman–Crippen LogP) is 3.77. The molecule has 33 heavy (non-hydrogen) atoms. The van der Waals surface area contributed by atoms with Crippen LogP contribution in [0.3, 0.4) is 0 Å². The predicted molar refractivity (Wildman–Crippen MR) is 134 cm³/mol. The van der Waals surface area contributed by atoms with Crippen LogP contribution >= 0.6 is 0 Å². The molecule has 1 aliphatic rings. The molecule has 1 aromatic heterocycles. The minimum atomic E-state index is -1.02. The molecule has 0 bridgehead atoms. The second-order valence-corrected chi connectivity index (χ2v) is 9.56. The lowest BCUT2D eigenvalue weighted by Gasteiger charge is -2.30. The lowest BCUT2D eigenvalue weighted by Crippen LogP contribution is -2.36. The maximum absolute atomic E-state index is 11.5. The van der Waals surface area contributed by atoms with Crippen molar-refractivity contribution in [2.45, 2.75) is 25.3 Å². The number of esters is 1. The summed E-state index contributed by atoms with van der Waals surface area (Å²) in [5.74, 6) is -0.349. The summed E-state index contributed by atoms with van der Waals surface area (Å²) < 4.78 is 19.3. The number of benzene rings is 2. The largest absolute Gasteiger partial charge is 0.466 e. The van der Waals surface area contributed by atoms with E-state index in [1.807, 2.05) is 0 Å². The van der Waals surface area contributed by atoms with E-state index in [1.54, 1.807) is 12.3 Å². The van der Waals surface area contributed by atoms with Gasteiger partial charge in [0, 0.05) is 55.1 Å². The van der Waals surface area contributed by atoms with Crippen molar-refractivity contribution in [2.24, 2.45) is 0 Å². The molecule has 2 atom stereocenters. The third kappa shape index (κ3) is 5.79. The fourth-order valence-corrected chi connectivity index (χ4v) is 5.07. The quantitative estimate of drug-likeness (QED) is 0.353. The number of carbonyl (C=O) groups is 1. The molecule has 2 unspecified atom stereocenters. The molecule has 0 saturated carbocycles. The van der Waals surface area contributed by atoms with Crippen LogP contribution in [-0.2, 0) is 33.4 Å². The van der Waals surface area contributed by atoms with Gasteiger partial charge in [-0.3, -0.25) is 4.90 Å². The Bertz CT molecular complexity index is 1170. The molecule has 2 aromatic carbocycles. The van der Waals surface area contributed by atoms with Gasteiger partial charge in [0.05, 0.1) is 18.1 Å². The topological polar surface area (TPSA) is 74.4 Å². The van der Waals surface area contributed by atoms with E-state index in [-0.39, 0.29) is 5.97 Å². The Morgan fingerprint density at radius 3 is 2.94 bits per heavy atom. The number of para-hydroxylation sites is 1. The smallest absolute Gasteiger partial charge is 0.330 e. The first-order valence-corrected chi connectivity index (χ1v) is 12.9. The Labute approximate surface area is 197 Å². The number of ether oxygens (including phenoxy) is 1. The number of methoxy groups -OCH3 is 1. The summed E-state index contributed by atoms with van der Waals surface area (Å²) >= 11 is 0. The molecule has 1 aliphatic carbocycles. The second kappa shape index (κ2) is 10.9. The first kappa shape index (κ1) is 23.4. The second-order valence-electron chi connectivity index (χ2n) is 8.36. The van der Waals surface area contributed by atoms with Crippen LogP contribution in [0.15, 0.2) is 54.7 Å². The minimum Gasteiger partial charge on any atom is -0.466 e. The molecule has 0 aliphatic heterocycles. The van der Waals surface area contributed by atoms with E-state index in [0.29, 0.717) is 12.6 Å². The highest BCUT2D eigenvalue weighted by Crippen LogP contribution is 2.36. The number of fused-ring (bicyclic) bond motifs is 2. The van der Waals surface area contributed by atoms with Gasteiger partial charge < -0.3 is 9.72 Å². The van der Waals surface area contributed by atoms with Crippen LogP contribution in [-0.4, -0.2) is 53.1 Å². The molecule has 0 amide bonds. The van der Waals surface area contributed by atoms with Gasteiger partial charge >= 0.3 is 5.97 Å². The number of hydrogen-bond donors (Lipinski definition) is 2. The summed E-state index contributed by atoms with van der Waals surface area (Å²) in [5, 5.41) is 1.28. The van der Waals surface area contributed by atoms with Crippen molar-refractivity contribution in [2.75, 3.05) is 33.0 Å². The Kier molecular flexibility index (Phi) is 7.75. The van der Waals surface area contributed by atoms with Gasteiger partial charge in [-0.05, 0) is 53.7 Å². The van der Waals surface area contributed by atoms with Crippen LogP contribution in [0, 0.1) is 0 Å². The number of nitrogens with one attached hydrogen (secondary N) is 2. The SMILES string of the molecule is COC(=O)/C=C/c1ccc2c(c1)CCC2N(CCNS(C)=O)CCc1c[nH]c2ccccc12. The molecule has 6 nitrogen and oxygen atoms in total. The highest BCUT2D eigenvalue weighted by Gasteiger charge is 2.28. The zero-order chi connectivity index (χ0) is 23.2. The number of hydrogen-bond acceptors (Lipinski definition) is 4. The Balaban J connectivity index is 1.51. The number of aromatic nitrogens is 1. The van der Waals surface area contributed by atoms with Gasteiger partial charge in [0.2, 0.25) is 0 Å². The third-order valence-electron chi connectivity index (χ3n) is 6.31. The highest BCUT2D eigenvalue weighted by atomic mass is 32.2. The molecular formula is C26H31N3O3S. The fraction of sp³-hybridized carbons (Fsp3) is 0.346. The summed E-state index contributed by atoms with van der Waals surface area (Å²) in [5.41, 5.74) is 6.18. The van der Waals surface area contributed by atoms with Gasteiger partial charge in [-0.25, -0.2) is 13.7 Å². The summed E-state index contributed by atoms with van der Waals surface area (Å²) in [6.07, 6.45) is 10.1. The molecule has 174 valence electrons. The number of aryl methyl sites for hydroxylation is 1. The molecule has 2 N–H and O–H groups in total. The maximum atomic E-state index is 11.5. The zero-order valence-corrected chi connectivity index (χ0v) is 20.0. The van der Waals surface area contributed by atoms with E-state index in [2.05, 4.69) is 68.0 Å². The molecule has 0 fully saturated rings. The Morgan fingerprint density at radius 2 is 2.12 bits per heavy atom. The van der Waals surface area contributed by atoms with Crippen molar-refractivity contribution in [3.05, 3.63) is 77.0 Å². The fourth-order valence-electron chi connectivity index (χ4n) is 4.69. The van der Waals surface area contributed by atoms with Crippen LogP contribution in [0.4, 0.5) is 0 Å². The average Bonchev–Trinajstić information content (AvgIpc) is 3.43. The average molecular weight is 466 g/mol. The standard InChI is InChI=1S/C26H31N3O3S/c1-32-26(30)12-8-19-7-10-23-20(17-19)9-11-25(23)29(16-14-28-33(2)31)15-13-21-18-27-24-6-4-3-5-22(21)24/h3-8,10,12,17-18,25,27-28H,9,11,13-16H2,1-2H3/b12-8+. The molecular weight excluding hydrogens is 434 g/mol. The first-order chi connectivity index (χ1) is 16.0. The number of H-pyrrole nitrogens is 1. The molecule has 0 saturated heterocycles. The van der Waals surface area contributed by atoms with E-state index < -0.39 is 11.0 Å². The third-order valence-corrected chi connectivity index (χ3v) is 6.93. The van der Waals surface area contributed by atoms with Crippen molar-refractivity contribution in [1.82, 2.24) is 14.6 Å². The summed E-state index contributed by atoms with van der Waals surface area (Å²) in [6.45, 7) is 2.44. The summed E-state index contributed by atoms with van der Waals surface area (Å²) in [6, 6.07) is 15.2. The number of rotatable bonds is 10. The van der Waals surface area contributed by atoms with Crippen molar-refractivity contribution in [3.63, 3.8) is 0 Å². The summed E-state index contributed by atoms with van der Waals surface area (Å²) in [4.78, 5) is 17.3. The number of carbonyl (C=O) groups excluding carboxylic acids is 1. The van der Waals surface area contributed by atoms with Crippen LogP contribution in [0.25, 0.3) is 17.0 Å². The van der Waals surface area contributed by atoms with Gasteiger partial charge in [0.1, 0.15) is 0 Å². The van der Waals surface area contributed by atoms with E-state index in [4.69, 9.17) is 0 Å². The van der Waals surface area contributed by atoms with E-state index in [9.17, 15) is 9.00 Å². The summed E-state index contributed by atoms with van der Waals surface area (Å²) in [7, 11) is 0.365. The molecule has 1 heterocycles. The normalized spacial score (nSPS) is 16.5. The van der Waals surface area contributed by atoms with E-state index >= 15 is 0 Å². The lowest BCUT2D eigenvalue weighted by atomic mass is 10.0. The van der Waals surface area contributed by atoms with Crippen molar-refractivity contribution >= 4 is 33.9 Å². The van der Waals surface area contributed by atoms with Crippen LogP contribution in [0.5, 0.6) is 0 Å². The van der Waals surface area contributed by atoms with Crippen molar-refractivity contribution in [3.8, 4) is 0 Å². The van der Waals surface area contributed by atoms with E-state index in [0.717, 1.165) is 37.9 Å². The lowest BCUT2D eigenvalue weighted by molar-refractivity contribution is -0.134. The monoisotopic (exact) mass is 465 g/mol. The minimum absolute atomic E-state index is 0.330. The van der Waals surface area contributed by atoms with Gasteiger partial charge in [0.25, 0.3) is 0 Å². The Hall–Kier alpha value is -2.74. The number of nitrogens with zero attached hydrogens (tertiary/aromatic N) is 1. The van der Waals surface area contributed by atoms with Gasteiger partial charge in [-0.1, -0.05) is 36.4 Å². The van der Waals surface area contributed by atoms with Gasteiger partial charge in [0.15, 0.2) is 0 Å². The Morgan fingerprint density at radius 1 is 1.27 bits per heavy atom. The maximum Gasteiger partial charge on any atom is 0.330 e. The first-order valence-electron chi connectivity index (χ1n) is 11.3. The van der Waals surface area contributed by atoms with Crippen LogP contribution in [0.1, 0.15) is 34.7 Å². The van der Waals surface area contributed by atoms with Gasteiger partial charge in [-0.2, -0.15) is 0 Å². The van der Waals surface area contributed by atoms with Gasteiger partial charge in [-0.15, -0.1) is 0 Å². The molecule has 3 aromatic rings. The van der Waals surface area contributed by atoms with Crippen LogP contribution < -0.4 is 4.72 Å². The van der Waals surface area contributed by atoms with Crippen molar-refractivity contribution < 1.29 is 13.7 Å². The molecule has 7 heteroatoms. The highest BCUT2D eigenvalue weighted by molar-refractivity contribution is 7.82. The zero-order valence-electron chi connectivity index (χ0n) is 19.2. The van der Waals surface area contributed by atoms with Crippen molar-refractivity contribution in [1.29, 1.82) is 0 Å². The molecule has 0 radical (unpaired) electrons. The van der Waals surface area contributed by atoms with E-state index in [1.165, 1.54) is 40.8 Å². The molecule has 0 spiro atoms. The van der Waals surface area contributed by atoms with Crippen LogP contribution in [0.2, 0.25) is 0 Å². The molecule has 4 rings (SSSR count).